The van der Waals surface area contributed by atoms with Crippen LogP contribution in [-0.2, 0) is 22.2 Å². The number of aromatic nitrogens is 2. The van der Waals surface area contributed by atoms with Crippen LogP contribution in [0.5, 0.6) is 0 Å². The smallest absolute Gasteiger partial charge is 0.354 e. The number of hydrogen-bond acceptors (Lipinski definition) is 5. The van der Waals surface area contributed by atoms with E-state index in [1.165, 1.54) is 6.92 Å². The topological polar surface area (TPSA) is 97.1 Å². The van der Waals surface area contributed by atoms with Gasteiger partial charge in [0.2, 0.25) is 17.6 Å². The molecule has 0 unspecified atom stereocenters. The Balaban J connectivity index is 1.87. The summed E-state index contributed by atoms with van der Waals surface area (Å²) in [6.07, 6.45) is -4.16. The Labute approximate surface area is 140 Å². The molecule has 0 saturated carbocycles. The first-order valence-corrected chi connectivity index (χ1v) is 7.27. The molecule has 0 aliphatic heterocycles. The predicted molar refractivity (Wildman–Crippen MR) is 80.1 cm³/mol. The van der Waals surface area contributed by atoms with Crippen molar-refractivity contribution in [3.8, 4) is 11.4 Å². The third kappa shape index (κ3) is 5.59. The molecule has 0 radical (unpaired) electrons. The molecule has 2 N–H and O–H groups in total. The highest BCUT2D eigenvalue weighted by atomic mass is 19.4. The number of carbonyl (C=O) groups excluding carboxylic acids is 2. The van der Waals surface area contributed by atoms with Crippen molar-refractivity contribution in [1.29, 1.82) is 0 Å². The Kier molecular flexibility index (Phi) is 5.73. The summed E-state index contributed by atoms with van der Waals surface area (Å²) in [5.74, 6) is -2.14. The fraction of sp³-hybridized carbons (Fsp3) is 0.333. The van der Waals surface area contributed by atoms with Crippen LogP contribution in [0.15, 0.2) is 28.8 Å². The average Bonchev–Trinajstić information content (AvgIpc) is 3.04. The number of halogens is 3. The molecule has 1 aromatic carbocycles. The second kappa shape index (κ2) is 7.77. The molecule has 7 nitrogen and oxygen atoms in total. The molecular formula is C15H15F3N4O3. The van der Waals surface area contributed by atoms with Crippen molar-refractivity contribution in [2.75, 3.05) is 13.1 Å². The lowest BCUT2D eigenvalue weighted by atomic mass is 10.1. The fourth-order valence-electron chi connectivity index (χ4n) is 1.89. The summed E-state index contributed by atoms with van der Waals surface area (Å²) < 4.78 is 41.5. The lowest BCUT2D eigenvalue weighted by molar-refractivity contribution is -0.159. The number of nitrogens with one attached hydrogen (secondary N) is 2. The zero-order chi connectivity index (χ0) is 18.4. The van der Waals surface area contributed by atoms with Gasteiger partial charge in [0.05, 0.1) is 6.54 Å². The second-order valence-corrected chi connectivity index (χ2v) is 5.13. The first-order chi connectivity index (χ1) is 11.8. The summed E-state index contributed by atoms with van der Waals surface area (Å²) in [5, 5.41) is 8.32. The maximum absolute atomic E-state index is 12.4. The van der Waals surface area contributed by atoms with Gasteiger partial charge in [0.1, 0.15) is 0 Å². The number of amides is 2. The highest BCUT2D eigenvalue weighted by molar-refractivity contribution is 5.83. The molecular weight excluding hydrogens is 341 g/mol. The third-order valence-corrected chi connectivity index (χ3v) is 3.11. The average molecular weight is 356 g/mol. The molecule has 10 heteroatoms. The van der Waals surface area contributed by atoms with E-state index in [9.17, 15) is 22.8 Å². The molecule has 2 amide bonds. The lowest BCUT2D eigenvalue weighted by Crippen LogP contribution is -2.36. The van der Waals surface area contributed by atoms with Crippen LogP contribution in [0.1, 0.15) is 18.4 Å². The van der Waals surface area contributed by atoms with E-state index in [1.807, 2.05) is 0 Å². The van der Waals surface area contributed by atoms with Gasteiger partial charge in [-0.15, -0.1) is 0 Å². The molecule has 0 bridgehead atoms. The van der Waals surface area contributed by atoms with E-state index in [2.05, 4.69) is 25.3 Å². The van der Waals surface area contributed by atoms with Crippen LogP contribution < -0.4 is 10.6 Å². The number of alkyl halides is 3. The summed E-state index contributed by atoms with van der Waals surface area (Å²) in [5.41, 5.74) is 1.25. The maximum atomic E-state index is 12.4. The third-order valence-electron chi connectivity index (χ3n) is 3.11. The molecule has 2 rings (SSSR count). The van der Waals surface area contributed by atoms with Crippen LogP contribution in [0.2, 0.25) is 0 Å². The first-order valence-electron chi connectivity index (χ1n) is 7.27. The Morgan fingerprint density at radius 1 is 1.16 bits per heavy atom. The first kappa shape index (κ1) is 18.4. The molecule has 134 valence electrons. The van der Waals surface area contributed by atoms with Gasteiger partial charge >= 0.3 is 12.1 Å². The number of rotatable bonds is 6. The minimum absolute atomic E-state index is 0.0896. The van der Waals surface area contributed by atoms with Crippen molar-refractivity contribution in [2.24, 2.45) is 0 Å². The molecule has 1 heterocycles. The van der Waals surface area contributed by atoms with Crippen LogP contribution in [0.3, 0.4) is 0 Å². The number of nitrogens with zero attached hydrogens (tertiary/aromatic N) is 2. The van der Waals surface area contributed by atoms with E-state index in [1.54, 1.807) is 24.3 Å². The van der Waals surface area contributed by atoms with Crippen LogP contribution in [0.4, 0.5) is 13.2 Å². The highest BCUT2D eigenvalue weighted by Gasteiger charge is 2.38. The Morgan fingerprint density at radius 3 is 2.40 bits per heavy atom. The normalized spacial score (nSPS) is 11.2. The Bertz CT molecular complexity index is 741. The van der Waals surface area contributed by atoms with E-state index in [0.717, 1.165) is 5.56 Å². The fourth-order valence-corrected chi connectivity index (χ4v) is 1.89. The van der Waals surface area contributed by atoms with E-state index >= 15 is 0 Å². The van der Waals surface area contributed by atoms with Gasteiger partial charge in [0.15, 0.2) is 0 Å². The quantitative estimate of drug-likeness (QED) is 0.819. The largest absolute Gasteiger partial charge is 0.471 e. The van der Waals surface area contributed by atoms with Gasteiger partial charge in [-0.3, -0.25) is 9.59 Å². The van der Waals surface area contributed by atoms with Gasteiger partial charge in [-0.2, -0.15) is 18.2 Å². The molecule has 25 heavy (non-hydrogen) atoms. The Morgan fingerprint density at radius 2 is 1.84 bits per heavy atom. The molecule has 0 atom stereocenters. The van der Waals surface area contributed by atoms with Crippen molar-refractivity contribution < 1.29 is 27.3 Å². The van der Waals surface area contributed by atoms with Crippen molar-refractivity contribution >= 4 is 11.8 Å². The summed E-state index contributed by atoms with van der Waals surface area (Å²) in [7, 11) is 0. The molecule has 0 aliphatic carbocycles. The van der Waals surface area contributed by atoms with E-state index in [-0.39, 0.29) is 24.2 Å². The van der Waals surface area contributed by atoms with Crippen molar-refractivity contribution in [3.63, 3.8) is 0 Å². The van der Waals surface area contributed by atoms with Gasteiger partial charge in [-0.05, 0) is 12.0 Å². The number of benzene rings is 1. The van der Waals surface area contributed by atoms with Crippen molar-refractivity contribution in [3.05, 3.63) is 35.7 Å². The van der Waals surface area contributed by atoms with Crippen LogP contribution in [0.25, 0.3) is 11.4 Å². The highest BCUT2D eigenvalue weighted by Crippen LogP contribution is 2.29. The molecule has 0 spiro atoms. The molecule has 0 aliphatic rings. The summed E-state index contributed by atoms with van der Waals surface area (Å²) >= 11 is 0. The SMILES string of the molecule is CC(=O)NCC(=O)NCCc1ccc(-c2noc(C(F)(F)F)n2)cc1. The van der Waals surface area contributed by atoms with E-state index in [4.69, 9.17) is 0 Å². The van der Waals surface area contributed by atoms with Gasteiger partial charge in [-0.25, -0.2) is 0 Å². The van der Waals surface area contributed by atoms with Gasteiger partial charge in [-0.1, -0.05) is 29.4 Å². The lowest BCUT2D eigenvalue weighted by Gasteiger charge is -2.06. The minimum Gasteiger partial charge on any atom is -0.354 e. The predicted octanol–water partition coefficient (Wildman–Crippen LogP) is 1.55. The van der Waals surface area contributed by atoms with Gasteiger partial charge in [0, 0.05) is 19.0 Å². The molecule has 2 aromatic rings. The molecule has 0 fully saturated rings. The van der Waals surface area contributed by atoms with Crippen molar-refractivity contribution in [2.45, 2.75) is 19.5 Å². The van der Waals surface area contributed by atoms with Crippen LogP contribution in [-0.4, -0.2) is 35.0 Å². The Hall–Kier alpha value is -2.91. The van der Waals surface area contributed by atoms with E-state index in [0.29, 0.717) is 18.5 Å². The molecule has 0 saturated heterocycles. The van der Waals surface area contributed by atoms with Gasteiger partial charge < -0.3 is 15.2 Å². The monoisotopic (exact) mass is 356 g/mol. The second-order valence-electron chi connectivity index (χ2n) is 5.13. The van der Waals surface area contributed by atoms with Gasteiger partial charge in [0.25, 0.3) is 0 Å². The zero-order valence-corrected chi connectivity index (χ0v) is 13.2. The molecule has 1 aromatic heterocycles. The maximum Gasteiger partial charge on any atom is 0.471 e. The van der Waals surface area contributed by atoms with Crippen molar-refractivity contribution in [1.82, 2.24) is 20.8 Å². The van der Waals surface area contributed by atoms with E-state index < -0.39 is 12.1 Å². The van der Waals surface area contributed by atoms with Crippen LogP contribution >= 0.6 is 0 Å². The van der Waals surface area contributed by atoms with Crippen LogP contribution in [0, 0.1) is 0 Å². The number of carbonyl (C=O) groups is 2. The zero-order valence-electron chi connectivity index (χ0n) is 13.2. The summed E-state index contributed by atoms with van der Waals surface area (Å²) in [4.78, 5) is 25.4. The number of hydrogen-bond donors (Lipinski definition) is 2. The summed E-state index contributed by atoms with van der Waals surface area (Å²) in [6, 6.07) is 6.52. The standard InChI is InChI=1S/C15H15F3N4O3/c1-9(23)20-8-12(24)19-7-6-10-2-4-11(5-3-10)13-21-14(25-22-13)15(16,17)18/h2-5H,6-8H2,1H3,(H,19,24)(H,20,23). The minimum atomic E-state index is -4.68. The summed E-state index contributed by atoms with van der Waals surface area (Å²) in [6.45, 7) is 1.59.